The molecule has 0 aliphatic carbocycles. The monoisotopic (exact) mass is 252 g/mol. The van der Waals surface area contributed by atoms with E-state index in [2.05, 4.69) is 22.6 Å². The van der Waals surface area contributed by atoms with E-state index in [1.807, 2.05) is 0 Å². The predicted octanol–water partition coefficient (Wildman–Crippen LogP) is 0.720. The molecule has 4 heteroatoms. The fourth-order valence-electron chi connectivity index (χ4n) is 1.13. The highest BCUT2D eigenvalue weighted by Crippen LogP contribution is 2.22. The first kappa shape index (κ1) is 8.81. The zero-order valence-corrected chi connectivity index (χ0v) is 8.08. The average molecular weight is 252 g/mol. The summed E-state index contributed by atoms with van der Waals surface area (Å²) in [5.74, 6) is 0. The topological polar surface area (TPSA) is 18.5 Å². The van der Waals surface area contributed by atoms with Crippen LogP contribution in [-0.4, -0.2) is 37.6 Å². The Balaban J connectivity index is 2.41. The van der Waals surface area contributed by atoms with Gasteiger partial charge in [-0.3, -0.25) is 0 Å². The van der Waals surface area contributed by atoms with E-state index in [1.165, 1.54) is 0 Å². The van der Waals surface area contributed by atoms with Gasteiger partial charge >= 0.3 is 0 Å². The number of alkyl halides is 1. The molecule has 0 bridgehead atoms. The number of halogens is 1. The molecule has 1 heterocycles. The van der Waals surface area contributed by atoms with Crippen LogP contribution in [0.1, 0.15) is 6.42 Å². The van der Waals surface area contributed by atoms with Crippen LogP contribution < -0.4 is 0 Å². The van der Waals surface area contributed by atoms with Crippen LogP contribution in [0.3, 0.4) is 0 Å². The van der Waals surface area contributed by atoms with E-state index >= 15 is 0 Å². The lowest BCUT2D eigenvalue weighted by Crippen LogP contribution is -2.24. The average Bonchev–Trinajstić information content (AvgIpc) is 2.30. The minimum absolute atomic E-state index is 0.121. The molecule has 0 aromatic carbocycles. The number of methoxy groups -OCH3 is 1. The molecule has 2 radical (unpaired) electrons. The molecule has 0 aromatic heterocycles. The van der Waals surface area contributed by atoms with Gasteiger partial charge in [0.05, 0.1) is 12.2 Å². The lowest BCUT2D eigenvalue weighted by molar-refractivity contribution is 0.0254. The second kappa shape index (κ2) is 3.92. The van der Waals surface area contributed by atoms with Crippen molar-refractivity contribution in [2.75, 3.05) is 11.5 Å². The number of hydrogen-bond acceptors (Lipinski definition) is 2. The van der Waals surface area contributed by atoms with Gasteiger partial charge in [0.2, 0.25) is 0 Å². The van der Waals surface area contributed by atoms with Gasteiger partial charge in [0, 0.05) is 17.5 Å². The maximum atomic E-state index is 5.56. The molecule has 1 unspecified atom stereocenters. The summed E-state index contributed by atoms with van der Waals surface area (Å²) >= 11 is 2.28. The summed E-state index contributed by atoms with van der Waals surface area (Å²) < 4.78 is 11.5. The molecule has 1 saturated heterocycles. The first-order valence-electron chi connectivity index (χ1n) is 3.27. The first-order chi connectivity index (χ1) is 4.77. The Morgan fingerprint density at radius 1 is 1.80 bits per heavy atom. The fraction of sp³-hybridized carbons (Fsp3) is 1.00. The van der Waals surface area contributed by atoms with E-state index < -0.39 is 0 Å². The Kier molecular flexibility index (Phi) is 3.46. The van der Waals surface area contributed by atoms with Crippen molar-refractivity contribution in [1.82, 2.24) is 0 Å². The van der Waals surface area contributed by atoms with E-state index in [4.69, 9.17) is 17.3 Å². The van der Waals surface area contributed by atoms with Crippen LogP contribution in [0.5, 0.6) is 0 Å². The van der Waals surface area contributed by atoms with Crippen LogP contribution in [0.25, 0.3) is 0 Å². The largest absolute Gasteiger partial charge is 0.381 e. The van der Waals surface area contributed by atoms with Gasteiger partial charge in [-0.25, -0.2) is 0 Å². The zero-order chi connectivity index (χ0) is 7.56. The van der Waals surface area contributed by atoms with Gasteiger partial charge in [-0.1, -0.05) is 22.6 Å². The molecule has 2 nitrogen and oxygen atoms in total. The molecule has 10 heavy (non-hydrogen) atoms. The minimum atomic E-state index is -0.121. The van der Waals surface area contributed by atoms with Gasteiger partial charge in [-0.15, -0.1) is 0 Å². The SMILES string of the molecule is [B][C@H]1CC(OC)[C@@H](CI)O1. The molecular formula is C6H10BIO2. The highest BCUT2D eigenvalue weighted by atomic mass is 127. The van der Waals surface area contributed by atoms with E-state index in [0.717, 1.165) is 10.8 Å². The lowest BCUT2D eigenvalue weighted by atomic mass is 9.96. The van der Waals surface area contributed by atoms with E-state index in [-0.39, 0.29) is 18.2 Å². The second-order valence-electron chi connectivity index (χ2n) is 2.38. The van der Waals surface area contributed by atoms with Crippen LogP contribution in [0.15, 0.2) is 0 Å². The molecule has 3 atom stereocenters. The highest BCUT2D eigenvalue weighted by molar-refractivity contribution is 14.1. The molecular weight excluding hydrogens is 242 g/mol. The van der Waals surface area contributed by atoms with Gasteiger partial charge < -0.3 is 9.47 Å². The summed E-state index contributed by atoms with van der Waals surface area (Å²) in [4.78, 5) is 0. The van der Waals surface area contributed by atoms with Crippen LogP contribution in [-0.2, 0) is 9.47 Å². The molecule has 1 aliphatic rings. The third-order valence-corrected chi connectivity index (χ3v) is 2.55. The Bertz CT molecular complexity index is 99.9. The van der Waals surface area contributed by atoms with Crippen molar-refractivity contribution in [3.63, 3.8) is 0 Å². The third-order valence-electron chi connectivity index (χ3n) is 1.68. The molecule has 0 aromatic rings. The normalized spacial score (nSPS) is 40.4. The predicted molar refractivity (Wildman–Crippen MR) is 48.7 cm³/mol. The Hall–Kier alpha value is 0.715. The van der Waals surface area contributed by atoms with Crippen LogP contribution in [0, 0.1) is 0 Å². The maximum absolute atomic E-state index is 5.56. The van der Waals surface area contributed by atoms with Crippen LogP contribution in [0.4, 0.5) is 0 Å². The van der Waals surface area contributed by atoms with Crippen LogP contribution in [0.2, 0.25) is 0 Å². The summed E-state index contributed by atoms with van der Waals surface area (Å²) in [5.41, 5.74) is 0. The zero-order valence-electron chi connectivity index (χ0n) is 5.92. The Morgan fingerprint density at radius 2 is 2.50 bits per heavy atom. The van der Waals surface area contributed by atoms with Crippen molar-refractivity contribution in [2.45, 2.75) is 24.6 Å². The van der Waals surface area contributed by atoms with Gasteiger partial charge in [-0.05, 0) is 6.42 Å². The summed E-state index contributed by atoms with van der Waals surface area (Å²) in [6.07, 6.45) is 1.22. The van der Waals surface area contributed by atoms with Gasteiger partial charge in [0.25, 0.3) is 0 Å². The summed E-state index contributed by atoms with van der Waals surface area (Å²) in [7, 11) is 7.26. The smallest absolute Gasteiger partial charge is 0.109 e. The van der Waals surface area contributed by atoms with Gasteiger partial charge in [0.15, 0.2) is 0 Å². The van der Waals surface area contributed by atoms with Crippen molar-refractivity contribution < 1.29 is 9.47 Å². The fourth-order valence-corrected chi connectivity index (χ4v) is 1.91. The quantitative estimate of drug-likeness (QED) is 0.409. The van der Waals surface area contributed by atoms with Crippen molar-refractivity contribution in [3.05, 3.63) is 0 Å². The number of hydrogen-bond donors (Lipinski definition) is 0. The Labute approximate surface area is 76.2 Å². The van der Waals surface area contributed by atoms with Crippen molar-refractivity contribution >= 4 is 30.4 Å². The molecule has 1 aliphatic heterocycles. The lowest BCUT2D eigenvalue weighted by Gasteiger charge is -2.13. The van der Waals surface area contributed by atoms with E-state index in [9.17, 15) is 0 Å². The van der Waals surface area contributed by atoms with E-state index in [1.54, 1.807) is 7.11 Å². The summed E-state index contributed by atoms with van der Waals surface area (Å²) in [5, 5.41) is 0. The van der Waals surface area contributed by atoms with Crippen LogP contribution >= 0.6 is 22.6 Å². The highest BCUT2D eigenvalue weighted by Gasteiger charge is 2.31. The molecule has 0 spiro atoms. The maximum Gasteiger partial charge on any atom is 0.109 e. The first-order valence-corrected chi connectivity index (χ1v) is 4.80. The van der Waals surface area contributed by atoms with Crippen molar-refractivity contribution in [2.24, 2.45) is 0 Å². The molecule has 1 rings (SSSR count). The molecule has 0 amide bonds. The summed E-state index contributed by atoms with van der Waals surface area (Å²) in [6, 6.07) is -0.121. The number of ether oxygens (including phenoxy) is 2. The van der Waals surface area contributed by atoms with E-state index in [0.29, 0.717) is 0 Å². The second-order valence-corrected chi connectivity index (χ2v) is 3.26. The third kappa shape index (κ3) is 1.86. The van der Waals surface area contributed by atoms with Gasteiger partial charge in [-0.2, -0.15) is 0 Å². The number of rotatable bonds is 2. The molecule has 0 saturated carbocycles. The summed E-state index contributed by atoms with van der Waals surface area (Å²) in [6.45, 7) is 0. The van der Waals surface area contributed by atoms with Crippen molar-refractivity contribution in [1.29, 1.82) is 0 Å². The van der Waals surface area contributed by atoms with Gasteiger partial charge in [0.1, 0.15) is 7.85 Å². The molecule has 1 fully saturated rings. The Morgan fingerprint density at radius 3 is 2.90 bits per heavy atom. The molecule has 0 N–H and O–H groups in total. The van der Waals surface area contributed by atoms with Crippen molar-refractivity contribution in [3.8, 4) is 0 Å². The molecule has 56 valence electrons. The minimum Gasteiger partial charge on any atom is -0.381 e. The standard InChI is InChI=1S/C6H10BIO2/c1-9-4-2-6(7)10-5(4)3-8/h4-6H,2-3H2,1H3/t4?,5-,6-/m1/s1.